The summed E-state index contributed by atoms with van der Waals surface area (Å²) in [6.45, 7) is 6.18. The highest BCUT2D eigenvalue weighted by atomic mass is 16.5. The molecule has 0 aliphatic carbocycles. The molecular formula is C11H20N2O. The van der Waals surface area contributed by atoms with Crippen molar-refractivity contribution in [3.8, 4) is 0 Å². The first-order valence-electron chi connectivity index (χ1n) is 5.62. The molecule has 0 saturated carbocycles. The molecule has 0 aromatic carbocycles. The molecule has 80 valence electrons. The second-order valence-electron chi connectivity index (χ2n) is 4.72. The van der Waals surface area contributed by atoms with Crippen LogP contribution in [0.2, 0.25) is 0 Å². The molecule has 1 atom stereocenters. The number of amidine groups is 1. The molecule has 1 N–H and O–H groups in total. The van der Waals surface area contributed by atoms with Crippen molar-refractivity contribution in [1.82, 2.24) is 5.32 Å². The van der Waals surface area contributed by atoms with Crippen molar-refractivity contribution in [1.29, 1.82) is 0 Å². The zero-order valence-corrected chi connectivity index (χ0v) is 9.18. The highest BCUT2D eigenvalue weighted by molar-refractivity contribution is 5.83. The lowest BCUT2D eigenvalue weighted by Gasteiger charge is -2.28. The summed E-state index contributed by atoms with van der Waals surface area (Å²) in [6, 6.07) is 0.444. The van der Waals surface area contributed by atoms with Gasteiger partial charge in [-0.1, -0.05) is 0 Å². The van der Waals surface area contributed by atoms with E-state index in [2.05, 4.69) is 24.2 Å². The van der Waals surface area contributed by atoms with Gasteiger partial charge in [0.2, 0.25) is 0 Å². The molecule has 1 saturated heterocycles. The number of hydrogen-bond donors (Lipinski definition) is 1. The third-order valence-corrected chi connectivity index (χ3v) is 3.18. The third kappa shape index (κ3) is 2.08. The van der Waals surface area contributed by atoms with Crippen LogP contribution in [0.5, 0.6) is 0 Å². The van der Waals surface area contributed by atoms with Crippen LogP contribution in [0.4, 0.5) is 0 Å². The lowest BCUT2D eigenvalue weighted by Crippen LogP contribution is -2.46. The number of hydrogen-bond acceptors (Lipinski definition) is 3. The molecule has 0 bridgehead atoms. The van der Waals surface area contributed by atoms with Crippen LogP contribution in [0.25, 0.3) is 0 Å². The molecule has 3 nitrogen and oxygen atoms in total. The van der Waals surface area contributed by atoms with Crippen molar-refractivity contribution < 1.29 is 4.74 Å². The third-order valence-electron chi connectivity index (χ3n) is 3.18. The van der Waals surface area contributed by atoms with Crippen LogP contribution in [-0.2, 0) is 4.74 Å². The maximum absolute atomic E-state index is 5.68. The van der Waals surface area contributed by atoms with Gasteiger partial charge in [0, 0.05) is 19.6 Å². The monoisotopic (exact) mass is 196 g/mol. The fourth-order valence-electron chi connectivity index (χ4n) is 2.15. The molecule has 2 aliphatic heterocycles. The maximum Gasteiger partial charge on any atom is 0.0966 e. The molecule has 3 heteroatoms. The van der Waals surface area contributed by atoms with Crippen LogP contribution >= 0.6 is 0 Å². The van der Waals surface area contributed by atoms with Crippen molar-refractivity contribution in [2.45, 2.75) is 51.2 Å². The van der Waals surface area contributed by atoms with Crippen LogP contribution in [0, 0.1) is 0 Å². The molecule has 0 aromatic rings. The van der Waals surface area contributed by atoms with Crippen molar-refractivity contribution in [3.05, 3.63) is 0 Å². The van der Waals surface area contributed by atoms with Gasteiger partial charge in [-0.2, -0.15) is 0 Å². The van der Waals surface area contributed by atoms with E-state index in [-0.39, 0.29) is 5.60 Å². The summed E-state index contributed by atoms with van der Waals surface area (Å²) < 4.78 is 5.68. The van der Waals surface area contributed by atoms with E-state index in [1.54, 1.807) is 0 Å². The van der Waals surface area contributed by atoms with Gasteiger partial charge in [-0.25, -0.2) is 0 Å². The van der Waals surface area contributed by atoms with Crippen LogP contribution in [-0.4, -0.2) is 30.6 Å². The quantitative estimate of drug-likeness (QED) is 0.693. The standard InChI is InChI=1S/C11H20N2O/c1-11(2)9(6-8-14-11)13-10-5-3-4-7-12-10/h9H,3-8H2,1-2H3,(H,12,13). The highest BCUT2D eigenvalue weighted by Crippen LogP contribution is 2.25. The predicted molar refractivity (Wildman–Crippen MR) is 57.7 cm³/mol. The lowest BCUT2D eigenvalue weighted by molar-refractivity contribution is 0.0249. The topological polar surface area (TPSA) is 33.6 Å². The molecule has 1 unspecified atom stereocenters. The van der Waals surface area contributed by atoms with Gasteiger partial charge in [0.15, 0.2) is 0 Å². The van der Waals surface area contributed by atoms with Gasteiger partial charge in [-0.3, -0.25) is 4.99 Å². The molecule has 0 amide bonds. The Bertz CT molecular complexity index is 235. The van der Waals surface area contributed by atoms with Gasteiger partial charge in [-0.15, -0.1) is 0 Å². The smallest absolute Gasteiger partial charge is 0.0966 e. The molecule has 2 aliphatic rings. The first kappa shape index (κ1) is 9.97. The fraction of sp³-hybridized carbons (Fsp3) is 0.909. The molecule has 14 heavy (non-hydrogen) atoms. The molecule has 2 heterocycles. The van der Waals surface area contributed by atoms with Crippen molar-refractivity contribution in [2.75, 3.05) is 13.2 Å². The zero-order chi connectivity index (χ0) is 10.0. The molecule has 2 rings (SSSR count). The van der Waals surface area contributed by atoms with Gasteiger partial charge in [-0.05, 0) is 33.1 Å². The number of aliphatic imine (C=N–C) groups is 1. The van der Waals surface area contributed by atoms with E-state index in [9.17, 15) is 0 Å². The first-order chi connectivity index (χ1) is 6.68. The Morgan fingerprint density at radius 3 is 2.86 bits per heavy atom. The average molecular weight is 196 g/mol. The lowest BCUT2D eigenvalue weighted by atomic mass is 9.98. The summed E-state index contributed by atoms with van der Waals surface area (Å²) in [6.07, 6.45) is 4.74. The van der Waals surface area contributed by atoms with E-state index in [0.717, 1.165) is 26.0 Å². The first-order valence-corrected chi connectivity index (χ1v) is 5.62. The van der Waals surface area contributed by atoms with Gasteiger partial charge in [0.05, 0.1) is 17.5 Å². The summed E-state index contributed by atoms with van der Waals surface area (Å²) in [5.41, 5.74) is -0.0278. The average Bonchev–Trinajstić information content (AvgIpc) is 2.48. The summed E-state index contributed by atoms with van der Waals surface area (Å²) in [5, 5.41) is 3.53. The maximum atomic E-state index is 5.68. The van der Waals surface area contributed by atoms with E-state index < -0.39 is 0 Å². The fourth-order valence-corrected chi connectivity index (χ4v) is 2.15. The number of nitrogens with one attached hydrogen (secondary N) is 1. The van der Waals surface area contributed by atoms with E-state index in [1.807, 2.05) is 0 Å². The second-order valence-corrected chi connectivity index (χ2v) is 4.72. The Labute approximate surface area is 85.9 Å². The minimum atomic E-state index is -0.0278. The second kappa shape index (κ2) is 3.89. The SMILES string of the molecule is CC1(C)OCCC1NC1=NCCCC1. The van der Waals surface area contributed by atoms with E-state index in [0.29, 0.717) is 6.04 Å². The van der Waals surface area contributed by atoms with E-state index in [4.69, 9.17) is 4.74 Å². The number of ether oxygens (including phenoxy) is 1. The van der Waals surface area contributed by atoms with Crippen LogP contribution in [0.15, 0.2) is 4.99 Å². The molecular weight excluding hydrogens is 176 g/mol. The van der Waals surface area contributed by atoms with Crippen LogP contribution in [0.3, 0.4) is 0 Å². The molecule has 0 radical (unpaired) electrons. The van der Waals surface area contributed by atoms with Gasteiger partial charge in [0.25, 0.3) is 0 Å². The molecule has 1 fully saturated rings. The predicted octanol–water partition coefficient (Wildman–Crippen LogP) is 1.73. The van der Waals surface area contributed by atoms with E-state index in [1.165, 1.54) is 18.7 Å². The minimum Gasteiger partial charge on any atom is -0.373 e. The van der Waals surface area contributed by atoms with Crippen molar-refractivity contribution in [3.63, 3.8) is 0 Å². The Morgan fingerprint density at radius 1 is 1.43 bits per heavy atom. The Hall–Kier alpha value is -0.570. The summed E-state index contributed by atoms with van der Waals surface area (Å²) in [7, 11) is 0. The number of nitrogens with zero attached hydrogens (tertiary/aromatic N) is 1. The minimum absolute atomic E-state index is 0.0278. The summed E-state index contributed by atoms with van der Waals surface area (Å²) in [4.78, 5) is 4.51. The van der Waals surface area contributed by atoms with Crippen molar-refractivity contribution in [2.24, 2.45) is 4.99 Å². The Balaban J connectivity index is 1.93. The van der Waals surface area contributed by atoms with Gasteiger partial charge >= 0.3 is 0 Å². The van der Waals surface area contributed by atoms with Crippen molar-refractivity contribution >= 4 is 5.84 Å². The highest BCUT2D eigenvalue weighted by Gasteiger charge is 2.36. The zero-order valence-electron chi connectivity index (χ0n) is 9.18. The van der Waals surface area contributed by atoms with Gasteiger partial charge < -0.3 is 10.1 Å². The molecule has 0 aromatic heterocycles. The largest absolute Gasteiger partial charge is 0.373 e. The van der Waals surface area contributed by atoms with E-state index >= 15 is 0 Å². The Kier molecular flexibility index (Phi) is 2.77. The summed E-state index contributed by atoms with van der Waals surface area (Å²) in [5.74, 6) is 1.19. The Morgan fingerprint density at radius 2 is 2.29 bits per heavy atom. The number of rotatable bonds is 1. The molecule has 0 spiro atoms. The van der Waals surface area contributed by atoms with Gasteiger partial charge in [0.1, 0.15) is 0 Å². The normalized spacial score (nSPS) is 31.3. The van der Waals surface area contributed by atoms with Crippen LogP contribution < -0.4 is 5.32 Å². The van der Waals surface area contributed by atoms with Crippen LogP contribution in [0.1, 0.15) is 39.5 Å². The summed E-state index contributed by atoms with van der Waals surface area (Å²) >= 11 is 0.